The van der Waals surface area contributed by atoms with Crippen LogP contribution in [0.5, 0.6) is 11.5 Å². The number of hydrogen-bond donors (Lipinski definition) is 1. The third-order valence-corrected chi connectivity index (χ3v) is 5.50. The lowest BCUT2D eigenvalue weighted by Crippen LogP contribution is -2.31. The van der Waals surface area contributed by atoms with Gasteiger partial charge in [-0.05, 0) is 44.9 Å². The average molecular weight is 454 g/mol. The number of Topliss-reactive ketones (excluding diaryl/α,β-unsaturated/α-hetero) is 1. The van der Waals surface area contributed by atoms with Crippen molar-refractivity contribution in [2.45, 2.75) is 33.2 Å². The fourth-order valence-corrected chi connectivity index (χ4v) is 3.94. The molecule has 1 atom stereocenters. The molecule has 2 aromatic carbocycles. The number of ether oxygens (including phenoxy) is 3. The molecule has 1 aliphatic heterocycles. The molecule has 0 aromatic heterocycles. The van der Waals surface area contributed by atoms with Gasteiger partial charge in [-0.2, -0.15) is 0 Å². The summed E-state index contributed by atoms with van der Waals surface area (Å²) in [6.45, 7) is 7.36. The maximum atomic E-state index is 13.1. The minimum absolute atomic E-state index is 0.0629. The molecule has 176 valence electrons. The van der Waals surface area contributed by atoms with E-state index < -0.39 is 17.7 Å². The molecule has 1 aliphatic rings. The molecule has 7 nitrogen and oxygen atoms in total. The van der Waals surface area contributed by atoms with Gasteiger partial charge in [0.2, 0.25) is 0 Å². The molecule has 0 saturated carbocycles. The first-order chi connectivity index (χ1) is 15.9. The summed E-state index contributed by atoms with van der Waals surface area (Å²) in [5.41, 5.74) is 2.23. The second-order valence-electron chi connectivity index (χ2n) is 7.78. The lowest BCUT2D eigenvalue weighted by molar-refractivity contribution is -0.140. The summed E-state index contributed by atoms with van der Waals surface area (Å²) < 4.78 is 16.6. The van der Waals surface area contributed by atoms with Gasteiger partial charge in [-0.25, -0.2) is 0 Å². The molecule has 1 fully saturated rings. The Kier molecular flexibility index (Phi) is 8.11. The van der Waals surface area contributed by atoms with E-state index in [2.05, 4.69) is 0 Å². The van der Waals surface area contributed by atoms with Crippen molar-refractivity contribution in [3.05, 3.63) is 64.7 Å². The Balaban J connectivity index is 2.15. The van der Waals surface area contributed by atoms with Gasteiger partial charge in [-0.3, -0.25) is 9.59 Å². The summed E-state index contributed by atoms with van der Waals surface area (Å²) in [6, 6.07) is 11.8. The zero-order valence-electron chi connectivity index (χ0n) is 19.6. The number of rotatable bonds is 10. The Bertz CT molecular complexity index is 1030. The summed E-state index contributed by atoms with van der Waals surface area (Å²) in [4.78, 5) is 27.6. The molecule has 3 rings (SSSR count). The van der Waals surface area contributed by atoms with Crippen LogP contribution in [0.15, 0.2) is 48.0 Å². The number of carbonyl (C=O) groups is 2. The molecule has 0 bridgehead atoms. The Morgan fingerprint density at radius 3 is 2.30 bits per heavy atom. The highest BCUT2D eigenvalue weighted by atomic mass is 16.5. The number of methoxy groups -OCH3 is 1. The number of likely N-dealkylation sites (tertiary alicyclic amines) is 1. The number of benzene rings is 2. The molecule has 1 N–H and O–H groups in total. The summed E-state index contributed by atoms with van der Waals surface area (Å²) in [6.07, 6.45) is 0.555. The maximum Gasteiger partial charge on any atom is 0.295 e. The summed E-state index contributed by atoms with van der Waals surface area (Å²) in [5, 5.41) is 11.1. The first-order valence-electron chi connectivity index (χ1n) is 11.2. The molecular weight excluding hydrogens is 422 g/mol. The van der Waals surface area contributed by atoms with Crippen LogP contribution in [-0.4, -0.2) is 55.2 Å². The normalized spacial score (nSPS) is 17.5. The van der Waals surface area contributed by atoms with E-state index in [-0.39, 0.29) is 11.3 Å². The largest absolute Gasteiger partial charge is 0.507 e. The predicted molar refractivity (Wildman–Crippen MR) is 125 cm³/mol. The van der Waals surface area contributed by atoms with Gasteiger partial charge in [0.15, 0.2) is 11.5 Å². The zero-order chi connectivity index (χ0) is 24.0. The molecule has 33 heavy (non-hydrogen) atoms. The summed E-state index contributed by atoms with van der Waals surface area (Å²) >= 11 is 0. The van der Waals surface area contributed by atoms with Crippen molar-refractivity contribution in [1.82, 2.24) is 4.90 Å². The Morgan fingerprint density at radius 2 is 1.67 bits per heavy atom. The lowest BCUT2D eigenvalue weighted by Gasteiger charge is -2.26. The molecule has 1 saturated heterocycles. The third kappa shape index (κ3) is 5.20. The number of aryl methyl sites for hydroxylation is 1. The van der Waals surface area contributed by atoms with Crippen LogP contribution in [0, 0.1) is 6.92 Å². The van der Waals surface area contributed by atoms with E-state index in [0.717, 1.165) is 5.56 Å². The molecule has 0 spiro atoms. The van der Waals surface area contributed by atoms with Gasteiger partial charge in [0.25, 0.3) is 11.7 Å². The molecular formula is C26H31NO6. The third-order valence-electron chi connectivity index (χ3n) is 5.50. The van der Waals surface area contributed by atoms with Crippen LogP contribution in [0.2, 0.25) is 0 Å². The van der Waals surface area contributed by atoms with Crippen LogP contribution in [0.4, 0.5) is 0 Å². The van der Waals surface area contributed by atoms with Crippen LogP contribution in [0.3, 0.4) is 0 Å². The van der Waals surface area contributed by atoms with Crippen LogP contribution in [0.25, 0.3) is 5.76 Å². The zero-order valence-corrected chi connectivity index (χ0v) is 19.6. The number of carbonyl (C=O) groups excluding carboxylic acids is 2. The van der Waals surface area contributed by atoms with E-state index in [4.69, 9.17) is 14.2 Å². The second kappa shape index (κ2) is 11.0. The van der Waals surface area contributed by atoms with Crippen molar-refractivity contribution in [1.29, 1.82) is 0 Å². The average Bonchev–Trinajstić information content (AvgIpc) is 3.06. The van der Waals surface area contributed by atoms with Crippen LogP contribution in [0.1, 0.15) is 43.0 Å². The molecule has 1 unspecified atom stereocenters. The Labute approximate surface area is 194 Å². The standard InChI is InChI=1S/C26H31NO6/c1-5-32-20-13-12-19(16-21(20)33-6-2)23-22(24(28)18-10-8-17(3)9-11-18)25(29)26(30)27(23)14-7-15-31-4/h8-13,16,23,28H,5-7,14-15H2,1-4H3. The smallest absolute Gasteiger partial charge is 0.295 e. The quantitative estimate of drug-likeness (QED) is 0.251. The number of ketones is 1. The van der Waals surface area contributed by atoms with E-state index in [9.17, 15) is 14.7 Å². The monoisotopic (exact) mass is 453 g/mol. The number of hydrogen-bond acceptors (Lipinski definition) is 6. The van der Waals surface area contributed by atoms with Gasteiger partial charge in [-0.15, -0.1) is 0 Å². The van der Waals surface area contributed by atoms with Crippen molar-refractivity contribution < 1.29 is 28.9 Å². The molecule has 0 radical (unpaired) electrons. The molecule has 0 aliphatic carbocycles. The van der Waals surface area contributed by atoms with Crippen molar-refractivity contribution in [3.8, 4) is 11.5 Å². The molecule has 1 heterocycles. The van der Waals surface area contributed by atoms with Gasteiger partial charge >= 0.3 is 0 Å². The van der Waals surface area contributed by atoms with Crippen molar-refractivity contribution in [3.63, 3.8) is 0 Å². The highest BCUT2D eigenvalue weighted by molar-refractivity contribution is 6.46. The van der Waals surface area contributed by atoms with Crippen molar-refractivity contribution >= 4 is 17.4 Å². The van der Waals surface area contributed by atoms with E-state index in [1.54, 1.807) is 37.4 Å². The van der Waals surface area contributed by atoms with Gasteiger partial charge in [0.1, 0.15) is 5.76 Å². The van der Waals surface area contributed by atoms with Crippen molar-refractivity contribution in [2.24, 2.45) is 0 Å². The van der Waals surface area contributed by atoms with Crippen LogP contribution < -0.4 is 9.47 Å². The molecule has 1 amide bonds. The van der Waals surface area contributed by atoms with Crippen molar-refractivity contribution in [2.75, 3.05) is 33.5 Å². The number of amides is 1. The van der Waals surface area contributed by atoms with Gasteiger partial charge in [0, 0.05) is 25.8 Å². The van der Waals surface area contributed by atoms with Gasteiger partial charge in [0.05, 0.1) is 24.8 Å². The fourth-order valence-electron chi connectivity index (χ4n) is 3.94. The SMILES string of the molecule is CCOc1ccc(C2C(=C(O)c3ccc(C)cc3)C(=O)C(=O)N2CCCOC)cc1OCC. The highest BCUT2D eigenvalue weighted by Crippen LogP contribution is 2.42. The highest BCUT2D eigenvalue weighted by Gasteiger charge is 2.46. The molecule has 7 heteroatoms. The Hall–Kier alpha value is -3.32. The second-order valence-corrected chi connectivity index (χ2v) is 7.78. The van der Waals surface area contributed by atoms with E-state index in [0.29, 0.717) is 55.4 Å². The fraction of sp³-hybridized carbons (Fsp3) is 0.385. The Morgan fingerprint density at radius 1 is 1.00 bits per heavy atom. The summed E-state index contributed by atoms with van der Waals surface area (Å²) in [5.74, 6) is -0.439. The van der Waals surface area contributed by atoms with Crippen LogP contribution >= 0.6 is 0 Å². The van der Waals surface area contributed by atoms with E-state index in [1.165, 1.54) is 4.90 Å². The first-order valence-corrected chi connectivity index (χ1v) is 11.2. The topological polar surface area (TPSA) is 85.3 Å². The number of nitrogens with zero attached hydrogens (tertiary/aromatic N) is 1. The predicted octanol–water partition coefficient (Wildman–Crippen LogP) is 4.25. The lowest BCUT2D eigenvalue weighted by atomic mass is 9.94. The minimum atomic E-state index is -0.752. The number of aliphatic hydroxyl groups is 1. The maximum absolute atomic E-state index is 13.1. The van der Waals surface area contributed by atoms with Crippen LogP contribution in [-0.2, 0) is 14.3 Å². The number of aliphatic hydroxyl groups excluding tert-OH is 1. The minimum Gasteiger partial charge on any atom is -0.507 e. The van der Waals surface area contributed by atoms with E-state index in [1.807, 2.05) is 32.9 Å². The summed E-state index contributed by atoms with van der Waals surface area (Å²) in [7, 11) is 1.59. The van der Waals surface area contributed by atoms with Gasteiger partial charge in [-0.1, -0.05) is 35.9 Å². The van der Waals surface area contributed by atoms with Gasteiger partial charge < -0.3 is 24.2 Å². The van der Waals surface area contributed by atoms with E-state index >= 15 is 0 Å². The molecule has 2 aromatic rings. The first kappa shape index (κ1) is 24.3.